The molecule has 2 aliphatic heterocycles. The Morgan fingerprint density at radius 3 is 2.57 bits per heavy atom. The van der Waals surface area contributed by atoms with Gasteiger partial charge < -0.3 is 19.7 Å². The molecule has 1 saturated heterocycles. The summed E-state index contributed by atoms with van der Waals surface area (Å²) in [5.41, 5.74) is 3.28. The molecule has 1 fully saturated rings. The molecule has 2 aromatic carbocycles. The van der Waals surface area contributed by atoms with E-state index < -0.39 is 0 Å². The third-order valence-corrected chi connectivity index (χ3v) is 5.14. The molecule has 0 saturated carbocycles. The number of anilines is 2. The Kier molecular flexibility index (Phi) is 5.67. The molecule has 0 unspecified atom stereocenters. The SMILES string of the molecule is Cc1cccc(N2CCN(CC(=O)Nc3ccc4c(c3)OCCCO4)CC2)c1. The van der Waals surface area contributed by atoms with E-state index in [-0.39, 0.29) is 5.91 Å². The minimum atomic E-state index is -0.00139. The second kappa shape index (κ2) is 8.52. The van der Waals surface area contributed by atoms with Crippen LogP contribution in [-0.2, 0) is 4.79 Å². The fourth-order valence-electron chi connectivity index (χ4n) is 3.63. The second-order valence-corrected chi connectivity index (χ2v) is 7.36. The summed E-state index contributed by atoms with van der Waals surface area (Å²) in [6.07, 6.45) is 0.866. The van der Waals surface area contributed by atoms with Crippen LogP contribution in [0.4, 0.5) is 11.4 Å². The van der Waals surface area contributed by atoms with E-state index in [9.17, 15) is 4.79 Å². The smallest absolute Gasteiger partial charge is 0.238 e. The van der Waals surface area contributed by atoms with Crippen LogP contribution in [0, 0.1) is 6.92 Å². The molecule has 0 atom stereocenters. The van der Waals surface area contributed by atoms with Gasteiger partial charge in [-0.05, 0) is 36.8 Å². The maximum Gasteiger partial charge on any atom is 0.238 e. The minimum absolute atomic E-state index is 0.00139. The van der Waals surface area contributed by atoms with E-state index in [1.54, 1.807) is 0 Å². The highest BCUT2D eigenvalue weighted by Crippen LogP contribution is 2.32. The molecule has 0 spiro atoms. The molecule has 2 aliphatic rings. The van der Waals surface area contributed by atoms with Crippen molar-refractivity contribution in [3.63, 3.8) is 0 Å². The van der Waals surface area contributed by atoms with Crippen LogP contribution in [0.15, 0.2) is 42.5 Å². The number of nitrogens with one attached hydrogen (secondary N) is 1. The Hall–Kier alpha value is -2.73. The Bertz CT molecular complexity index is 832. The van der Waals surface area contributed by atoms with E-state index in [0.717, 1.165) is 44.0 Å². The first-order valence-electron chi connectivity index (χ1n) is 9.91. The second-order valence-electron chi connectivity index (χ2n) is 7.36. The van der Waals surface area contributed by atoms with Crippen LogP contribution in [0.1, 0.15) is 12.0 Å². The largest absolute Gasteiger partial charge is 0.490 e. The van der Waals surface area contributed by atoms with Gasteiger partial charge in [-0.15, -0.1) is 0 Å². The van der Waals surface area contributed by atoms with Gasteiger partial charge in [0.1, 0.15) is 0 Å². The number of rotatable bonds is 4. The maximum atomic E-state index is 12.5. The van der Waals surface area contributed by atoms with Gasteiger partial charge in [0.2, 0.25) is 5.91 Å². The Morgan fingerprint density at radius 2 is 1.79 bits per heavy atom. The summed E-state index contributed by atoms with van der Waals surface area (Å²) in [4.78, 5) is 17.1. The number of amides is 1. The first kappa shape index (κ1) is 18.6. The van der Waals surface area contributed by atoms with E-state index in [4.69, 9.17) is 9.47 Å². The molecule has 1 amide bonds. The summed E-state index contributed by atoms with van der Waals surface area (Å²) in [6.45, 7) is 7.43. The number of fused-ring (bicyclic) bond motifs is 1. The van der Waals surface area contributed by atoms with Crippen LogP contribution < -0.4 is 19.7 Å². The number of benzene rings is 2. The number of aryl methyl sites for hydroxylation is 1. The van der Waals surface area contributed by atoms with Crippen LogP contribution >= 0.6 is 0 Å². The first-order valence-corrected chi connectivity index (χ1v) is 9.91. The lowest BCUT2D eigenvalue weighted by Gasteiger charge is -2.35. The lowest BCUT2D eigenvalue weighted by atomic mass is 10.2. The van der Waals surface area contributed by atoms with Gasteiger partial charge in [0.15, 0.2) is 11.5 Å². The third-order valence-electron chi connectivity index (χ3n) is 5.14. The number of nitrogens with zero attached hydrogens (tertiary/aromatic N) is 2. The summed E-state index contributed by atoms with van der Waals surface area (Å²) in [6, 6.07) is 14.1. The zero-order valence-electron chi connectivity index (χ0n) is 16.3. The molecule has 6 heteroatoms. The summed E-state index contributed by atoms with van der Waals surface area (Å²) in [5, 5.41) is 2.98. The fraction of sp³-hybridized carbons (Fsp3) is 0.409. The number of hydrogen-bond acceptors (Lipinski definition) is 5. The monoisotopic (exact) mass is 381 g/mol. The van der Waals surface area contributed by atoms with Gasteiger partial charge in [0, 0.05) is 50.0 Å². The molecule has 148 valence electrons. The Balaban J connectivity index is 1.28. The molecule has 28 heavy (non-hydrogen) atoms. The summed E-state index contributed by atoms with van der Waals surface area (Å²) in [5.74, 6) is 1.43. The average Bonchev–Trinajstić information content (AvgIpc) is 2.93. The number of hydrogen-bond donors (Lipinski definition) is 1. The first-order chi connectivity index (χ1) is 13.7. The van der Waals surface area contributed by atoms with Crippen molar-refractivity contribution in [3.8, 4) is 11.5 Å². The molecule has 4 rings (SSSR count). The van der Waals surface area contributed by atoms with Crippen molar-refractivity contribution in [2.75, 3.05) is 56.2 Å². The summed E-state index contributed by atoms with van der Waals surface area (Å²) < 4.78 is 11.3. The molecule has 1 N–H and O–H groups in total. The third kappa shape index (κ3) is 4.57. The van der Waals surface area contributed by atoms with E-state index in [2.05, 4.69) is 46.3 Å². The zero-order chi connectivity index (χ0) is 19.3. The molecule has 2 aromatic rings. The Morgan fingerprint density at radius 1 is 1.00 bits per heavy atom. The van der Waals surface area contributed by atoms with Crippen molar-refractivity contribution in [2.45, 2.75) is 13.3 Å². The molecule has 2 heterocycles. The standard InChI is InChI=1S/C22H27N3O3/c1-17-4-2-5-19(14-17)25-10-8-24(9-11-25)16-22(26)23-18-6-7-20-21(15-18)28-13-3-12-27-20/h2,4-7,14-15H,3,8-13,16H2,1H3,(H,23,26). The number of ether oxygens (including phenoxy) is 2. The topological polar surface area (TPSA) is 54.0 Å². The van der Waals surface area contributed by atoms with E-state index >= 15 is 0 Å². The van der Waals surface area contributed by atoms with Gasteiger partial charge in [-0.2, -0.15) is 0 Å². The van der Waals surface area contributed by atoms with Crippen molar-refractivity contribution < 1.29 is 14.3 Å². The van der Waals surface area contributed by atoms with E-state index in [1.807, 2.05) is 18.2 Å². The molecule has 0 bridgehead atoms. The van der Waals surface area contributed by atoms with Gasteiger partial charge in [-0.25, -0.2) is 0 Å². The van der Waals surface area contributed by atoms with Gasteiger partial charge >= 0.3 is 0 Å². The quantitative estimate of drug-likeness (QED) is 0.883. The minimum Gasteiger partial charge on any atom is -0.490 e. The van der Waals surface area contributed by atoms with Crippen LogP contribution in [0.2, 0.25) is 0 Å². The average molecular weight is 381 g/mol. The number of carbonyl (C=O) groups is 1. The zero-order valence-corrected chi connectivity index (χ0v) is 16.3. The van der Waals surface area contributed by atoms with Crippen molar-refractivity contribution >= 4 is 17.3 Å². The summed E-state index contributed by atoms with van der Waals surface area (Å²) >= 11 is 0. The number of carbonyl (C=O) groups excluding carboxylic acids is 1. The van der Waals surface area contributed by atoms with Crippen LogP contribution in [-0.4, -0.2) is 56.7 Å². The number of piperazine rings is 1. The molecule has 0 radical (unpaired) electrons. The van der Waals surface area contributed by atoms with Crippen LogP contribution in [0.25, 0.3) is 0 Å². The highest BCUT2D eigenvalue weighted by atomic mass is 16.5. The normalized spacial score (nSPS) is 17.1. The van der Waals surface area contributed by atoms with Gasteiger partial charge in [0.05, 0.1) is 19.8 Å². The van der Waals surface area contributed by atoms with E-state index in [0.29, 0.717) is 25.5 Å². The molecule has 6 nitrogen and oxygen atoms in total. The highest BCUT2D eigenvalue weighted by molar-refractivity contribution is 5.92. The molecule has 0 aromatic heterocycles. The Labute approximate surface area is 166 Å². The van der Waals surface area contributed by atoms with Gasteiger partial charge in [-0.1, -0.05) is 12.1 Å². The fourth-order valence-corrected chi connectivity index (χ4v) is 3.63. The van der Waals surface area contributed by atoms with Crippen molar-refractivity contribution in [3.05, 3.63) is 48.0 Å². The molecular formula is C22H27N3O3. The summed E-state index contributed by atoms with van der Waals surface area (Å²) in [7, 11) is 0. The van der Waals surface area contributed by atoms with E-state index in [1.165, 1.54) is 11.3 Å². The molecular weight excluding hydrogens is 354 g/mol. The molecule has 0 aliphatic carbocycles. The lowest BCUT2D eigenvalue weighted by molar-refractivity contribution is -0.117. The van der Waals surface area contributed by atoms with Gasteiger partial charge in [-0.3, -0.25) is 9.69 Å². The van der Waals surface area contributed by atoms with Crippen LogP contribution in [0.3, 0.4) is 0 Å². The predicted molar refractivity (Wildman–Crippen MR) is 111 cm³/mol. The van der Waals surface area contributed by atoms with Crippen molar-refractivity contribution in [1.82, 2.24) is 4.90 Å². The van der Waals surface area contributed by atoms with Gasteiger partial charge in [0.25, 0.3) is 0 Å². The van der Waals surface area contributed by atoms with Crippen LogP contribution in [0.5, 0.6) is 11.5 Å². The lowest BCUT2D eigenvalue weighted by Crippen LogP contribution is -2.48. The van der Waals surface area contributed by atoms with Crippen molar-refractivity contribution in [2.24, 2.45) is 0 Å². The van der Waals surface area contributed by atoms with Crippen molar-refractivity contribution in [1.29, 1.82) is 0 Å². The maximum absolute atomic E-state index is 12.5. The predicted octanol–water partition coefficient (Wildman–Crippen LogP) is 2.92. The highest BCUT2D eigenvalue weighted by Gasteiger charge is 2.20.